The number of hydrogen-bond donors (Lipinski definition) is 3. The van der Waals surface area contributed by atoms with Gasteiger partial charge < -0.3 is 16.0 Å². The smallest absolute Gasteiger partial charge is 0.321 e. The Morgan fingerprint density at radius 1 is 1.36 bits per heavy atom. The lowest BCUT2D eigenvalue weighted by Crippen LogP contribution is -2.33. The second-order valence-electron chi connectivity index (χ2n) is 6.30. The molecule has 1 aromatic carbocycles. The van der Waals surface area contributed by atoms with Gasteiger partial charge in [-0.15, -0.1) is 12.4 Å². The Labute approximate surface area is 159 Å². The number of amides is 3. The highest BCUT2D eigenvalue weighted by Gasteiger charge is 2.23. The first-order valence-electron chi connectivity index (χ1n) is 8.49. The van der Waals surface area contributed by atoms with Gasteiger partial charge in [-0.1, -0.05) is 11.6 Å². The Hall–Kier alpha value is -1.50. The predicted octanol–water partition coefficient (Wildman–Crippen LogP) is 2.41. The topological polar surface area (TPSA) is 73.5 Å². The van der Waals surface area contributed by atoms with Crippen LogP contribution in [-0.4, -0.2) is 44.7 Å². The van der Waals surface area contributed by atoms with Gasteiger partial charge >= 0.3 is 6.03 Å². The molecule has 1 atom stereocenters. The average molecular weight is 387 g/mol. The summed E-state index contributed by atoms with van der Waals surface area (Å²) < 4.78 is 0. The van der Waals surface area contributed by atoms with Gasteiger partial charge in [-0.3, -0.25) is 9.69 Å². The molecular formula is C17H24Cl2N4O2. The van der Waals surface area contributed by atoms with Crippen LogP contribution in [-0.2, 0) is 0 Å². The fraction of sp³-hybridized carbons (Fsp3) is 0.529. The molecule has 3 rings (SSSR count). The molecule has 8 heteroatoms. The lowest BCUT2D eigenvalue weighted by Gasteiger charge is -2.22. The summed E-state index contributed by atoms with van der Waals surface area (Å²) in [5.41, 5.74) is 1.10. The van der Waals surface area contributed by atoms with Crippen LogP contribution < -0.4 is 20.9 Å². The maximum atomic E-state index is 12.4. The first-order chi connectivity index (χ1) is 11.6. The van der Waals surface area contributed by atoms with Crippen molar-refractivity contribution >= 4 is 41.6 Å². The highest BCUT2D eigenvalue weighted by Crippen LogP contribution is 2.24. The zero-order valence-corrected chi connectivity index (χ0v) is 15.6. The molecule has 0 aromatic heterocycles. The lowest BCUT2D eigenvalue weighted by molar-refractivity contribution is 0.0950. The number of nitrogens with zero attached hydrogens (tertiary/aromatic N) is 1. The van der Waals surface area contributed by atoms with Crippen molar-refractivity contribution in [3.63, 3.8) is 0 Å². The number of halogens is 2. The van der Waals surface area contributed by atoms with E-state index in [4.69, 9.17) is 11.6 Å². The molecule has 2 saturated heterocycles. The van der Waals surface area contributed by atoms with E-state index in [0.29, 0.717) is 41.8 Å². The van der Waals surface area contributed by atoms with E-state index in [1.54, 1.807) is 23.1 Å². The lowest BCUT2D eigenvalue weighted by atomic mass is 9.96. The highest BCUT2D eigenvalue weighted by atomic mass is 35.5. The maximum absolute atomic E-state index is 12.4. The fourth-order valence-corrected chi connectivity index (χ4v) is 3.43. The van der Waals surface area contributed by atoms with Crippen LogP contribution in [0.5, 0.6) is 0 Å². The highest BCUT2D eigenvalue weighted by molar-refractivity contribution is 6.34. The summed E-state index contributed by atoms with van der Waals surface area (Å²) in [4.78, 5) is 25.8. The summed E-state index contributed by atoms with van der Waals surface area (Å²) in [7, 11) is 0. The second-order valence-corrected chi connectivity index (χ2v) is 6.71. The van der Waals surface area contributed by atoms with Gasteiger partial charge in [0.15, 0.2) is 0 Å². The van der Waals surface area contributed by atoms with Crippen molar-refractivity contribution < 1.29 is 9.59 Å². The van der Waals surface area contributed by atoms with Gasteiger partial charge in [0, 0.05) is 25.3 Å². The van der Waals surface area contributed by atoms with Gasteiger partial charge in [0.25, 0.3) is 5.91 Å². The quantitative estimate of drug-likeness (QED) is 0.727. The maximum Gasteiger partial charge on any atom is 0.321 e. The number of urea groups is 1. The van der Waals surface area contributed by atoms with Crippen molar-refractivity contribution in [1.29, 1.82) is 0 Å². The molecule has 25 heavy (non-hydrogen) atoms. The van der Waals surface area contributed by atoms with Crippen LogP contribution in [0.3, 0.4) is 0 Å². The first-order valence-corrected chi connectivity index (χ1v) is 8.87. The Morgan fingerprint density at radius 3 is 2.88 bits per heavy atom. The zero-order chi connectivity index (χ0) is 16.9. The molecule has 0 spiro atoms. The van der Waals surface area contributed by atoms with E-state index in [-0.39, 0.29) is 24.3 Å². The number of piperidine rings is 1. The van der Waals surface area contributed by atoms with E-state index in [9.17, 15) is 9.59 Å². The Bertz CT molecular complexity index is 621. The summed E-state index contributed by atoms with van der Waals surface area (Å²) in [6, 6.07) is 4.97. The van der Waals surface area contributed by atoms with Crippen molar-refractivity contribution in [1.82, 2.24) is 16.0 Å². The third-order valence-corrected chi connectivity index (χ3v) is 4.93. The monoisotopic (exact) mass is 386 g/mol. The number of hydrogen-bond acceptors (Lipinski definition) is 3. The van der Waals surface area contributed by atoms with Gasteiger partial charge in [0.05, 0.1) is 10.6 Å². The molecule has 6 nitrogen and oxygen atoms in total. The normalized spacial score (nSPS) is 20.0. The van der Waals surface area contributed by atoms with Crippen LogP contribution in [0, 0.1) is 5.92 Å². The molecule has 2 aliphatic heterocycles. The summed E-state index contributed by atoms with van der Waals surface area (Å²) in [5, 5.41) is 9.47. The number of benzene rings is 1. The molecule has 138 valence electrons. The molecule has 2 heterocycles. The Morgan fingerprint density at radius 2 is 2.20 bits per heavy atom. The molecule has 0 aliphatic carbocycles. The zero-order valence-electron chi connectivity index (χ0n) is 14.0. The van der Waals surface area contributed by atoms with Gasteiger partial charge in [0.1, 0.15) is 0 Å². The van der Waals surface area contributed by atoms with Gasteiger partial charge in [0.2, 0.25) is 0 Å². The molecule has 0 saturated carbocycles. The number of rotatable bonds is 5. The Kier molecular flexibility index (Phi) is 7.35. The summed E-state index contributed by atoms with van der Waals surface area (Å²) >= 11 is 6.17. The minimum absolute atomic E-state index is 0. The van der Waals surface area contributed by atoms with E-state index in [1.807, 2.05) is 0 Å². The average Bonchev–Trinajstić information content (AvgIpc) is 3.02. The Balaban J connectivity index is 0.00000225. The second kappa shape index (κ2) is 9.27. The summed E-state index contributed by atoms with van der Waals surface area (Å²) in [6.07, 6.45) is 3.37. The van der Waals surface area contributed by atoms with E-state index in [0.717, 1.165) is 19.5 Å². The van der Waals surface area contributed by atoms with Crippen LogP contribution in [0.2, 0.25) is 5.02 Å². The van der Waals surface area contributed by atoms with Crippen LogP contribution in [0.4, 0.5) is 10.5 Å². The van der Waals surface area contributed by atoms with E-state index in [2.05, 4.69) is 16.0 Å². The first kappa shape index (κ1) is 19.8. The number of nitrogens with one attached hydrogen (secondary N) is 3. The van der Waals surface area contributed by atoms with Crippen LogP contribution in [0.15, 0.2) is 18.2 Å². The van der Waals surface area contributed by atoms with Crippen molar-refractivity contribution in [3.8, 4) is 0 Å². The molecule has 2 aliphatic rings. The number of anilines is 1. The van der Waals surface area contributed by atoms with Gasteiger partial charge in [-0.05, 0) is 56.5 Å². The molecular weight excluding hydrogens is 363 g/mol. The van der Waals surface area contributed by atoms with Crippen molar-refractivity contribution in [2.24, 2.45) is 5.92 Å². The molecule has 0 radical (unpaired) electrons. The van der Waals surface area contributed by atoms with E-state index >= 15 is 0 Å². The number of carbonyl (C=O) groups is 2. The van der Waals surface area contributed by atoms with Crippen molar-refractivity contribution in [2.75, 3.05) is 37.6 Å². The molecule has 2 fully saturated rings. The van der Waals surface area contributed by atoms with Crippen molar-refractivity contribution in [3.05, 3.63) is 28.8 Å². The standard InChI is InChI=1S/C17H23ClN4O2.ClH/c18-15-4-3-13(22-9-8-21-17(22)24)10-14(15)16(23)20-7-5-12-2-1-6-19-11-12;/h3-4,10,12,19H,1-2,5-9,11H2,(H,20,23)(H,21,24);1H. The van der Waals surface area contributed by atoms with Gasteiger partial charge in [-0.25, -0.2) is 4.79 Å². The predicted molar refractivity (Wildman–Crippen MR) is 102 cm³/mol. The largest absolute Gasteiger partial charge is 0.352 e. The molecule has 3 amide bonds. The van der Waals surface area contributed by atoms with Gasteiger partial charge in [-0.2, -0.15) is 0 Å². The SMILES string of the molecule is Cl.O=C(NCCC1CCCNC1)c1cc(N2CCNC2=O)ccc1Cl. The minimum Gasteiger partial charge on any atom is -0.352 e. The van der Waals surface area contributed by atoms with Crippen LogP contribution >= 0.6 is 24.0 Å². The fourth-order valence-electron chi connectivity index (χ4n) is 3.23. The summed E-state index contributed by atoms with van der Waals surface area (Å²) in [6.45, 7) is 3.95. The molecule has 0 bridgehead atoms. The third kappa shape index (κ3) is 5.00. The molecule has 1 unspecified atom stereocenters. The van der Waals surface area contributed by atoms with Crippen LogP contribution in [0.25, 0.3) is 0 Å². The van der Waals surface area contributed by atoms with Crippen LogP contribution in [0.1, 0.15) is 29.6 Å². The number of carbonyl (C=O) groups excluding carboxylic acids is 2. The minimum atomic E-state index is -0.190. The van der Waals surface area contributed by atoms with E-state index < -0.39 is 0 Å². The van der Waals surface area contributed by atoms with E-state index in [1.165, 1.54) is 12.8 Å². The van der Waals surface area contributed by atoms with Crippen molar-refractivity contribution in [2.45, 2.75) is 19.3 Å². The third-order valence-electron chi connectivity index (χ3n) is 4.60. The molecule has 3 N–H and O–H groups in total. The summed E-state index contributed by atoms with van der Waals surface area (Å²) in [5.74, 6) is 0.430. The molecule has 1 aromatic rings.